The Morgan fingerprint density at radius 2 is 1.56 bits per heavy atom. The van der Waals surface area contributed by atoms with Crippen LogP contribution >= 0.6 is 39.1 Å². The molecule has 0 atom stereocenters. The highest BCUT2D eigenvalue weighted by Crippen LogP contribution is 2.24. The molecule has 3 aromatic carbocycles. The maximum Gasteiger partial charge on any atom is 0.254 e. The summed E-state index contributed by atoms with van der Waals surface area (Å²) in [6.07, 6.45) is 2.04. The molecule has 0 aliphatic rings. The maximum atomic E-state index is 13.5. The average Bonchev–Trinajstić information content (AvgIpc) is 3.23. The lowest BCUT2D eigenvalue weighted by Gasteiger charge is -2.24. The van der Waals surface area contributed by atoms with Crippen molar-refractivity contribution in [1.29, 1.82) is 0 Å². The quantitative estimate of drug-likeness (QED) is 0.245. The summed E-state index contributed by atoms with van der Waals surface area (Å²) >= 11 is 15.7. The predicted molar refractivity (Wildman–Crippen MR) is 134 cm³/mol. The van der Waals surface area contributed by atoms with Crippen molar-refractivity contribution in [2.45, 2.75) is 19.6 Å². The van der Waals surface area contributed by atoms with Crippen LogP contribution in [0.1, 0.15) is 27.2 Å². The van der Waals surface area contributed by atoms with Gasteiger partial charge in [0, 0.05) is 35.0 Å². The average molecular weight is 528 g/mol. The molecule has 0 unspecified atom stereocenters. The second kappa shape index (κ2) is 10.4. The Hall–Kier alpha value is -2.53. The van der Waals surface area contributed by atoms with Crippen molar-refractivity contribution in [3.8, 4) is 0 Å². The predicted octanol–water partition coefficient (Wildman–Crippen LogP) is 7.45. The third kappa shape index (κ3) is 5.63. The van der Waals surface area contributed by atoms with Crippen LogP contribution in [0.2, 0.25) is 10.0 Å². The summed E-state index contributed by atoms with van der Waals surface area (Å²) in [5.74, 6) is -0.0937. The van der Waals surface area contributed by atoms with E-state index >= 15 is 0 Å². The van der Waals surface area contributed by atoms with Gasteiger partial charge in [-0.2, -0.15) is 0 Å². The summed E-state index contributed by atoms with van der Waals surface area (Å²) in [4.78, 5) is 15.3. The zero-order chi connectivity index (χ0) is 22.5. The second-order valence-corrected chi connectivity index (χ2v) is 9.26. The van der Waals surface area contributed by atoms with Gasteiger partial charge in [0.05, 0.1) is 16.6 Å². The van der Waals surface area contributed by atoms with Crippen molar-refractivity contribution in [1.82, 2.24) is 9.47 Å². The number of rotatable bonds is 7. The largest absolute Gasteiger partial charge is 0.345 e. The first kappa shape index (κ1) is 22.7. The Kier molecular flexibility index (Phi) is 7.36. The molecule has 0 saturated carbocycles. The van der Waals surface area contributed by atoms with Gasteiger partial charge in [-0.1, -0.05) is 81.6 Å². The topological polar surface area (TPSA) is 25.2 Å². The van der Waals surface area contributed by atoms with Gasteiger partial charge in [0.15, 0.2) is 0 Å². The highest BCUT2D eigenvalue weighted by atomic mass is 79.9. The van der Waals surface area contributed by atoms with Gasteiger partial charge in [0.1, 0.15) is 0 Å². The van der Waals surface area contributed by atoms with Crippen LogP contribution in [0.25, 0.3) is 0 Å². The summed E-state index contributed by atoms with van der Waals surface area (Å²) in [6.45, 7) is 1.69. The van der Waals surface area contributed by atoms with Gasteiger partial charge in [0.2, 0.25) is 0 Å². The fraction of sp³-hybridized carbons (Fsp3) is 0.115. The summed E-state index contributed by atoms with van der Waals surface area (Å²) in [5.41, 5.74) is 3.82. The van der Waals surface area contributed by atoms with Crippen molar-refractivity contribution < 1.29 is 4.79 Å². The molecule has 0 aliphatic heterocycles. The smallest absolute Gasteiger partial charge is 0.254 e. The molecule has 1 aromatic heterocycles. The SMILES string of the molecule is O=C(c1ccc(Cl)c(Cl)c1)N(Cc1ccccc1)Cc1cccn1Cc1ccc(Br)cc1. The molecule has 4 aromatic rings. The van der Waals surface area contributed by atoms with Crippen molar-refractivity contribution in [2.75, 3.05) is 0 Å². The minimum Gasteiger partial charge on any atom is -0.345 e. The molecular weight excluding hydrogens is 507 g/mol. The molecule has 1 amide bonds. The lowest BCUT2D eigenvalue weighted by molar-refractivity contribution is 0.0726. The molecule has 162 valence electrons. The summed E-state index contributed by atoms with van der Waals surface area (Å²) in [5, 5.41) is 0.803. The van der Waals surface area contributed by atoms with Gasteiger partial charge in [-0.25, -0.2) is 0 Å². The highest BCUT2D eigenvalue weighted by Gasteiger charge is 2.19. The van der Waals surface area contributed by atoms with Crippen LogP contribution in [0.15, 0.2) is 95.6 Å². The molecule has 0 bridgehead atoms. The summed E-state index contributed by atoms with van der Waals surface area (Å²) < 4.78 is 3.22. The molecule has 0 fully saturated rings. The molecule has 32 heavy (non-hydrogen) atoms. The van der Waals surface area contributed by atoms with Gasteiger partial charge in [0.25, 0.3) is 5.91 Å². The number of benzene rings is 3. The number of hydrogen-bond donors (Lipinski definition) is 0. The molecule has 0 radical (unpaired) electrons. The summed E-state index contributed by atoms with van der Waals surface area (Å²) in [6, 6.07) is 27.3. The number of halogens is 3. The fourth-order valence-corrected chi connectivity index (χ4v) is 4.11. The Bertz CT molecular complexity index is 1210. The van der Waals surface area contributed by atoms with E-state index in [4.69, 9.17) is 23.2 Å². The van der Waals surface area contributed by atoms with E-state index in [1.807, 2.05) is 59.6 Å². The van der Waals surface area contributed by atoms with Crippen LogP contribution in [0.4, 0.5) is 0 Å². The molecular formula is C26H21BrCl2N2O. The van der Waals surface area contributed by atoms with Crippen molar-refractivity contribution in [2.24, 2.45) is 0 Å². The summed E-state index contributed by atoms with van der Waals surface area (Å²) in [7, 11) is 0. The van der Waals surface area contributed by atoms with Crippen LogP contribution in [0.3, 0.4) is 0 Å². The van der Waals surface area contributed by atoms with Gasteiger partial charge >= 0.3 is 0 Å². The first-order chi connectivity index (χ1) is 15.5. The van der Waals surface area contributed by atoms with Crippen molar-refractivity contribution in [3.05, 3.63) is 128 Å². The number of carbonyl (C=O) groups is 1. The van der Waals surface area contributed by atoms with Crippen LogP contribution in [0.5, 0.6) is 0 Å². The third-order valence-corrected chi connectivity index (χ3v) is 6.48. The van der Waals surface area contributed by atoms with Crippen molar-refractivity contribution >= 4 is 45.0 Å². The van der Waals surface area contributed by atoms with Crippen LogP contribution in [-0.4, -0.2) is 15.4 Å². The number of nitrogens with zero attached hydrogens (tertiary/aromatic N) is 2. The van der Waals surface area contributed by atoms with E-state index in [1.165, 1.54) is 5.56 Å². The Balaban J connectivity index is 1.61. The molecule has 0 aliphatic carbocycles. The normalized spacial score (nSPS) is 10.8. The third-order valence-electron chi connectivity index (χ3n) is 5.21. The molecule has 0 spiro atoms. The standard InChI is InChI=1S/C26H21BrCl2N2O/c27-22-11-8-20(9-12-22)16-30-14-4-7-23(30)18-31(17-19-5-2-1-3-6-19)26(32)21-10-13-24(28)25(29)15-21/h1-15H,16-18H2. The van der Waals surface area contributed by atoms with E-state index in [-0.39, 0.29) is 5.91 Å². The van der Waals surface area contributed by atoms with Crippen LogP contribution in [-0.2, 0) is 19.6 Å². The van der Waals surface area contributed by atoms with Gasteiger partial charge in [-0.3, -0.25) is 4.79 Å². The van der Waals surface area contributed by atoms with E-state index in [2.05, 4.69) is 38.7 Å². The van der Waals surface area contributed by atoms with Gasteiger partial charge in [-0.15, -0.1) is 0 Å². The van der Waals surface area contributed by atoms with E-state index in [0.29, 0.717) is 28.7 Å². The molecule has 6 heteroatoms. The maximum absolute atomic E-state index is 13.5. The van der Waals surface area contributed by atoms with Gasteiger partial charge in [-0.05, 0) is 53.6 Å². The van der Waals surface area contributed by atoms with Gasteiger partial charge < -0.3 is 9.47 Å². The Morgan fingerprint density at radius 1 is 0.812 bits per heavy atom. The van der Waals surface area contributed by atoms with Crippen molar-refractivity contribution in [3.63, 3.8) is 0 Å². The number of amides is 1. The van der Waals surface area contributed by atoms with E-state index in [0.717, 1.165) is 22.3 Å². The Labute approximate surface area is 206 Å². The second-order valence-electron chi connectivity index (χ2n) is 7.53. The zero-order valence-corrected chi connectivity index (χ0v) is 20.3. The lowest BCUT2D eigenvalue weighted by Crippen LogP contribution is -2.31. The lowest BCUT2D eigenvalue weighted by atomic mass is 10.1. The number of hydrogen-bond acceptors (Lipinski definition) is 1. The number of aromatic nitrogens is 1. The molecule has 4 rings (SSSR count). The highest BCUT2D eigenvalue weighted by molar-refractivity contribution is 9.10. The minimum absolute atomic E-state index is 0.0937. The Morgan fingerprint density at radius 3 is 2.28 bits per heavy atom. The fourth-order valence-electron chi connectivity index (χ4n) is 3.54. The monoisotopic (exact) mass is 526 g/mol. The first-order valence-corrected chi connectivity index (χ1v) is 11.7. The minimum atomic E-state index is -0.0937. The van der Waals surface area contributed by atoms with E-state index in [9.17, 15) is 4.79 Å². The molecule has 0 saturated heterocycles. The number of carbonyl (C=O) groups excluding carboxylic acids is 1. The van der Waals surface area contributed by atoms with E-state index < -0.39 is 0 Å². The zero-order valence-electron chi connectivity index (χ0n) is 17.2. The first-order valence-electron chi connectivity index (χ1n) is 10.2. The molecule has 0 N–H and O–H groups in total. The molecule has 3 nitrogen and oxygen atoms in total. The van der Waals surface area contributed by atoms with Crippen LogP contribution in [0, 0.1) is 0 Å². The van der Waals surface area contributed by atoms with Crippen LogP contribution < -0.4 is 0 Å². The van der Waals surface area contributed by atoms with E-state index in [1.54, 1.807) is 18.2 Å². The molecule has 1 heterocycles.